The number of likely N-dealkylation sites (tertiary alicyclic amines) is 1. The summed E-state index contributed by atoms with van der Waals surface area (Å²) >= 11 is 0. The molecule has 1 aromatic heterocycles. The first-order valence-corrected chi connectivity index (χ1v) is 7.89. The van der Waals surface area contributed by atoms with Crippen molar-refractivity contribution in [2.75, 3.05) is 20.8 Å². The van der Waals surface area contributed by atoms with Crippen LogP contribution in [-0.2, 0) is 16.5 Å². The number of nitrogens with zero attached hydrogens (tertiary/aromatic N) is 3. The predicted molar refractivity (Wildman–Crippen MR) is 81.8 cm³/mol. The molecular weight excluding hydrogens is 282 g/mol. The zero-order valence-electron chi connectivity index (χ0n) is 13.8. The van der Waals surface area contributed by atoms with Crippen molar-refractivity contribution in [3.05, 3.63) is 17.7 Å². The van der Waals surface area contributed by atoms with Gasteiger partial charge < -0.3 is 18.9 Å². The molecule has 1 saturated heterocycles. The fourth-order valence-corrected chi connectivity index (χ4v) is 4.11. The summed E-state index contributed by atoms with van der Waals surface area (Å²) in [6, 6.07) is 0.0815. The van der Waals surface area contributed by atoms with Gasteiger partial charge in [-0.05, 0) is 32.6 Å². The molecule has 0 radical (unpaired) electrons. The van der Waals surface area contributed by atoms with Crippen LogP contribution in [0.4, 0.5) is 0 Å². The number of aromatic nitrogens is 2. The van der Waals surface area contributed by atoms with E-state index < -0.39 is 0 Å². The third-order valence-electron chi connectivity index (χ3n) is 5.46. The van der Waals surface area contributed by atoms with Crippen molar-refractivity contribution in [2.45, 2.75) is 50.4 Å². The molecule has 0 spiro atoms. The minimum atomic E-state index is -0.211. The van der Waals surface area contributed by atoms with E-state index in [1.807, 2.05) is 18.9 Å². The first-order valence-electron chi connectivity index (χ1n) is 7.89. The number of carbonyl (C=O) groups excluding carboxylic acids is 1. The van der Waals surface area contributed by atoms with Gasteiger partial charge in [0.15, 0.2) is 0 Å². The Morgan fingerprint density at radius 2 is 2.18 bits per heavy atom. The van der Waals surface area contributed by atoms with E-state index in [0.717, 1.165) is 37.9 Å². The maximum atomic E-state index is 13.0. The van der Waals surface area contributed by atoms with Gasteiger partial charge in [-0.1, -0.05) is 0 Å². The van der Waals surface area contributed by atoms with Crippen LogP contribution in [0.1, 0.15) is 41.9 Å². The Morgan fingerprint density at radius 3 is 2.77 bits per heavy atom. The van der Waals surface area contributed by atoms with Gasteiger partial charge in [0.1, 0.15) is 5.69 Å². The van der Waals surface area contributed by atoms with Crippen molar-refractivity contribution in [3.63, 3.8) is 0 Å². The van der Waals surface area contributed by atoms with Gasteiger partial charge in [-0.25, -0.2) is 4.98 Å². The van der Waals surface area contributed by atoms with Crippen LogP contribution in [0.15, 0.2) is 6.33 Å². The first-order chi connectivity index (χ1) is 10.5. The van der Waals surface area contributed by atoms with Gasteiger partial charge in [0, 0.05) is 27.8 Å². The van der Waals surface area contributed by atoms with E-state index in [0.29, 0.717) is 5.69 Å². The van der Waals surface area contributed by atoms with E-state index in [2.05, 4.69) is 4.98 Å². The number of rotatable bonds is 3. The third-order valence-corrected chi connectivity index (χ3v) is 5.46. The van der Waals surface area contributed by atoms with Gasteiger partial charge in [0.05, 0.1) is 29.8 Å². The molecule has 3 rings (SSSR count). The number of hydrogen-bond acceptors (Lipinski definition) is 4. The summed E-state index contributed by atoms with van der Waals surface area (Å²) in [5.41, 5.74) is 1.24. The van der Waals surface area contributed by atoms with Gasteiger partial charge in [-0.15, -0.1) is 0 Å². The lowest BCUT2D eigenvalue weighted by atomic mass is 9.79. The van der Waals surface area contributed by atoms with Crippen molar-refractivity contribution in [3.8, 4) is 0 Å². The fourth-order valence-electron chi connectivity index (χ4n) is 4.11. The largest absolute Gasteiger partial charge is 0.381 e. The van der Waals surface area contributed by atoms with E-state index in [1.165, 1.54) is 0 Å². The molecule has 1 aliphatic heterocycles. The molecule has 0 bridgehead atoms. The quantitative estimate of drug-likeness (QED) is 0.850. The number of ether oxygens (including phenoxy) is 2. The molecule has 0 unspecified atom stereocenters. The zero-order valence-corrected chi connectivity index (χ0v) is 13.8. The van der Waals surface area contributed by atoms with Crippen molar-refractivity contribution < 1.29 is 14.3 Å². The van der Waals surface area contributed by atoms with Gasteiger partial charge >= 0.3 is 0 Å². The lowest BCUT2D eigenvalue weighted by Crippen LogP contribution is -2.53. The highest BCUT2D eigenvalue weighted by atomic mass is 16.5. The van der Waals surface area contributed by atoms with Crippen molar-refractivity contribution in [1.82, 2.24) is 14.5 Å². The summed E-state index contributed by atoms with van der Waals surface area (Å²) < 4.78 is 13.2. The van der Waals surface area contributed by atoms with E-state index in [1.54, 1.807) is 25.1 Å². The van der Waals surface area contributed by atoms with E-state index >= 15 is 0 Å². The van der Waals surface area contributed by atoms with Crippen LogP contribution >= 0.6 is 0 Å². The third kappa shape index (κ3) is 2.25. The predicted octanol–water partition coefficient (Wildman–Crippen LogP) is 1.53. The lowest BCUT2D eigenvalue weighted by Gasteiger charge is -2.43. The second-order valence-electron chi connectivity index (χ2n) is 6.45. The van der Waals surface area contributed by atoms with E-state index in [4.69, 9.17) is 9.47 Å². The van der Waals surface area contributed by atoms with Crippen molar-refractivity contribution >= 4 is 5.91 Å². The SMILES string of the molecule is CO[C@@H]1CC[C@@]2(OC)CCN(C(=O)c3c(C)ncn3C)[C@H]2C1. The average Bonchev–Trinajstić information content (AvgIpc) is 3.07. The second-order valence-corrected chi connectivity index (χ2v) is 6.45. The maximum absolute atomic E-state index is 13.0. The summed E-state index contributed by atoms with van der Waals surface area (Å²) in [6.07, 6.45) is 5.57. The Kier molecular flexibility index (Phi) is 3.99. The standard InChI is InChI=1S/C16H25N3O3/c1-11-14(18(2)10-17-11)15(20)19-8-7-16(22-4)6-5-12(21-3)9-13(16)19/h10,12-13H,5-9H2,1-4H3/t12-,13+,16-/m1/s1. The highest BCUT2D eigenvalue weighted by molar-refractivity contribution is 5.94. The molecule has 2 aliphatic rings. The normalized spacial score (nSPS) is 31.4. The number of aryl methyl sites for hydroxylation is 2. The van der Waals surface area contributed by atoms with Crippen LogP contribution in [0.5, 0.6) is 0 Å². The summed E-state index contributed by atoms with van der Waals surface area (Å²) in [4.78, 5) is 19.2. The maximum Gasteiger partial charge on any atom is 0.272 e. The molecule has 0 aromatic carbocycles. The van der Waals surface area contributed by atoms with Crippen molar-refractivity contribution in [1.29, 1.82) is 0 Å². The average molecular weight is 307 g/mol. The number of imidazole rings is 1. The Bertz CT molecular complexity index is 551. The molecule has 122 valence electrons. The Labute approximate surface area is 131 Å². The molecule has 1 amide bonds. The van der Waals surface area contributed by atoms with Crippen LogP contribution in [-0.4, -0.2) is 58.9 Å². The van der Waals surface area contributed by atoms with Crippen molar-refractivity contribution in [2.24, 2.45) is 7.05 Å². The van der Waals surface area contributed by atoms with Gasteiger partial charge in [-0.3, -0.25) is 4.79 Å². The first kappa shape index (κ1) is 15.5. The highest BCUT2D eigenvalue weighted by Gasteiger charge is 2.53. The molecule has 2 heterocycles. The Hall–Kier alpha value is -1.40. The number of amides is 1. The lowest BCUT2D eigenvalue weighted by molar-refractivity contribution is -0.0894. The second kappa shape index (κ2) is 5.66. The smallest absolute Gasteiger partial charge is 0.272 e. The summed E-state index contributed by atoms with van der Waals surface area (Å²) in [5, 5.41) is 0. The molecule has 6 nitrogen and oxygen atoms in total. The molecule has 1 aliphatic carbocycles. The van der Waals surface area contributed by atoms with Gasteiger partial charge in [-0.2, -0.15) is 0 Å². The van der Waals surface area contributed by atoms with Gasteiger partial charge in [0.2, 0.25) is 0 Å². The molecule has 0 N–H and O–H groups in total. The monoisotopic (exact) mass is 307 g/mol. The Morgan fingerprint density at radius 1 is 1.41 bits per heavy atom. The zero-order chi connectivity index (χ0) is 15.9. The molecule has 22 heavy (non-hydrogen) atoms. The van der Waals surface area contributed by atoms with Crippen LogP contribution in [0.25, 0.3) is 0 Å². The van der Waals surface area contributed by atoms with Crippen LogP contribution in [0.3, 0.4) is 0 Å². The minimum absolute atomic E-state index is 0.0539. The van der Waals surface area contributed by atoms with Crippen LogP contribution in [0, 0.1) is 6.92 Å². The highest BCUT2D eigenvalue weighted by Crippen LogP contribution is 2.43. The molecule has 6 heteroatoms. The Balaban J connectivity index is 1.89. The van der Waals surface area contributed by atoms with E-state index in [-0.39, 0.29) is 23.7 Å². The number of hydrogen-bond donors (Lipinski definition) is 0. The molecule has 3 atom stereocenters. The van der Waals surface area contributed by atoms with Gasteiger partial charge in [0.25, 0.3) is 5.91 Å². The summed E-state index contributed by atoms with van der Waals surface area (Å²) in [6.45, 7) is 2.62. The minimum Gasteiger partial charge on any atom is -0.381 e. The van der Waals surface area contributed by atoms with Crippen LogP contribution in [0.2, 0.25) is 0 Å². The number of carbonyl (C=O) groups is 1. The number of methoxy groups -OCH3 is 2. The van der Waals surface area contributed by atoms with Crippen LogP contribution < -0.4 is 0 Å². The van der Waals surface area contributed by atoms with E-state index in [9.17, 15) is 4.79 Å². The summed E-state index contributed by atoms with van der Waals surface area (Å²) in [5.74, 6) is 0.0539. The molecule has 2 fully saturated rings. The number of fused-ring (bicyclic) bond motifs is 1. The molecule has 1 saturated carbocycles. The molecular formula is C16H25N3O3. The topological polar surface area (TPSA) is 56.6 Å². The summed E-state index contributed by atoms with van der Waals surface area (Å²) in [7, 11) is 5.38. The fraction of sp³-hybridized carbons (Fsp3) is 0.750. The molecule has 1 aromatic rings.